The molecule has 8 N–H and O–H groups in total. The molecule has 0 radical (unpaired) electrons. The minimum atomic E-state index is -1.82. The number of piperidine rings is 2. The third-order valence-electron chi connectivity index (χ3n) is 19.3. The number of carbonyl (C=O) groups is 3. The molecule has 0 atom stereocenters. The summed E-state index contributed by atoms with van der Waals surface area (Å²) >= 11 is 61.0. The van der Waals surface area contributed by atoms with E-state index >= 15 is 0 Å². The highest BCUT2D eigenvalue weighted by Gasteiger charge is 2.27. The molecular formula is C93H80Br5Cl7F6N20O5S3. The van der Waals surface area contributed by atoms with Crippen molar-refractivity contribution in [3.05, 3.63) is 269 Å². The molecule has 15 aromatic rings. The molecule has 2 aliphatic heterocycles. The van der Waals surface area contributed by atoms with Gasteiger partial charge in [-0.05, 0) is 218 Å². The number of thiazole rings is 3. The zero-order valence-corrected chi connectivity index (χ0v) is 89.5. The molecule has 726 valence electrons. The van der Waals surface area contributed by atoms with E-state index in [2.05, 4.69) is 134 Å². The number of benzene rings is 9. The summed E-state index contributed by atoms with van der Waals surface area (Å²) in [6.45, 7) is 15.4. The summed E-state index contributed by atoms with van der Waals surface area (Å²) in [5, 5.41) is 74.2. The lowest BCUT2D eigenvalue weighted by Crippen LogP contribution is -2.29. The quantitative estimate of drug-likeness (QED) is 0.0156. The number of nitrogens with two attached hydrogens (primary N) is 2. The molecule has 0 bridgehead atoms. The van der Waals surface area contributed by atoms with Crippen molar-refractivity contribution >= 4 is 279 Å². The Morgan fingerprint density at radius 1 is 0.482 bits per heavy atom. The smallest absolute Gasteiger partial charge is 0.414 e. The molecule has 0 unspecified atom stereocenters. The molecule has 9 aromatic carbocycles. The molecule has 2 saturated heterocycles. The Bertz CT molecular complexity index is 6970. The Hall–Kier alpha value is -10.1. The van der Waals surface area contributed by atoms with Gasteiger partial charge in [0, 0.05) is 114 Å². The largest absolute Gasteiger partial charge is 0.473 e. The standard InChI is InChI=1S/C25H24ClFN6S.C20H14BrClFN5S.C10H4ClFN2S.C9H9BrClN3.C7H2BrClFN.C7H3BrClFO.C6H3BrClF.C5H11N.C2H8N2.C2H2O4/c1-3-33-24(19-13-18(14-20(26)23(19)30-33)32-11-5-4-6-12-32)31(2)25-29-22(21(15-28)34-25)16-7-9-17(27)10-8-16;1-3-28-19(14-8-12(21)9-15(22)18(14)26-28)27(2)20-25-17(16(10-24)29-20)11-4-6-13(23)7-5-11;11-10-14-9(8(5-13)15-10)6-1-3-7(12)4-2-6;1-2-14-9(12)6-3-5(10)4-7(11)8(6)13-14;2*8-5-1-4(3-11)7(10)6(9)2-5;7-4-1-2-6(9)5(8)3-4;1-2-4-6-5-3-1;1-2-4-3;3-1(4)2(5)6/h7-10,13-14H,3-6,11-12H2,1-2H3;4-9H,3H2,1-2H3;1-4H;3-4H,2,12H2,1H3;1-2H;1-3H;1-3H;6H,1-5H2;4H,2-3H2,1H3;(H,3,4)(H,5,6). The predicted molar refractivity (Wildman–Crippen MR) is 562 cm³/mol. The van der Waals surface area contributed by atoms with Crippen LogP contribution in [0.25, 0.3) is 66.5 Å². The van der Waals surface area contributed by atoms with Crippen LogP contribution in [0.4, 0.5) is 59.7 Å². The number of nitrogens with one attached hydrogen (secondary N) is 2. The van der Waals surface area contributed by atoms with E-state index in [0.29, 0.717) is 118 Å². The Labute approximate surface area is 884 Å². The maximum atomic E-state index is 13.4. The number of aryl methyl sites for hydroxylation is 3. The summed E-state index contributed by atoms with van der Waals surface area (Å²) in [6.07, 6.45) is 8.26. The molecule has 0 spiro atoms. The second kappa shape index (κ2) is 56.0. The minimum Gasteiger partial charge on any atom is -0.473 e. The van der Waals surface area contributed by atoms with Crippen LogP contribution in [-0.4, -0.2) is 120 Å². The van der Waals surface area contributed by atoms with Crippen molar-refractivity contribution in [2.24, 2.45) is 5.84 Å². The monoisotopic (exact) mass is 2410 g/mol. The number of aliphatic carboxylic acids is 2. The maximum Gasteiger partial charge on any atom is 0.414 e. The average Bonchev–Trinajstić information content (AvgIpc) is 1.61. The molecule has 139 heavy (non-hydrogen) atoms. The van der Waals surface area contributed by atoms with Crippen molar-refractivity contribution in [2.45, 2.75) is 85.9 Å². The number of hydrogen-bond donors (Lipinski definition) is 6. The van der Waals surface area contributed by atoms with Crippen LogP contribution in [0, 0.1) is 80.2 Å². The zero-order valence-electron chi connectivity index (χ0n) is 73.9. The second-order valence-electron chi connectivity index (χ2n) is 28.7. The number of anilines is 6. The van der Waals surface area contributed by atoms with Crippen LogP contribution in [0.3, 0.4) is 0 Å². The summed E-state index contributed by atoms with van der Waals surface area (Å²) < 4.78 is 86.9. The molecule has 46 heteroatoms. The fourth-order valence-corrected chi connectivity index (χ4v) is 19.7. The van der Waals surface area contributed by atoms with Crippen molar-refractivity contribution in [1.29, 1.82) is 21.0 Å². The first-order valence-corrected chi connectivity index (χ1v) is 50.3. The average molecular weight is 2420 g/mol. The second-order valence-corrected chi connectivity index (χ2v) is 39.3. The van der Waals surface area contributed by atoms with E-state index in [1.165, 1.54) is 147 Å². The number of fused-ring (bicyclic) bond motifs is 3. The van der Waals surface area contributed by atoms with E-state index in [9.17, 15) is 41.7 Å². The summed E-state index contributed by atoms with van der Waals surface area (Å²) in [5.41, 5.74) is 15.2. The van der Waals surface area contributed by atoms with Crippen molar-refractivity contribution in [2.75, 3.05) is 67.3 Å². The van der Waals surface area contributed by atoms with Gasteiger partial charge in [0.15, 0.2) is 32.7 Å². The number of nitrogens with zero attached hydrogens (tertiary/aromatic N) is 16. The van der Waals surface area contributed by atoms with Gasteiger partial charge >= 0.3 is 11.9 Å². The highest BCUT2D eigenvalue weighted by molar-refractivity contribution is 9.11. The molecule has 0 saturated carbocycles. The Morgan fingerprint density at radius 3 is 1.26 bits per heavy atom. The van der Waals surface area contributed by atoms with Gasteiger partial charge in [0.2, 0.25) is 0 Å². The van der Waals surface area contributed by atoms with Crippen LogP contribution in [0.5, 0.6) is 0 Å². The highest BCUT2D eigenvalue weighted by atomic mass is 79.9. The zero-order chi connectivity index (χ0) is 102. The van der Waals surface area contributed by atoms with Crippen molar-refractivity contribution in [3.63, 3.8) is 0 Å². The van der Waals surface area contributed by atoms with Crippen LogP contribution in [-0.2, 0) is 29.2 Å². The summed E-state index contributed by atoms with van der Waals surface area (Å²) in [4.78, 5) is 49.5. The van der Waals surface area contributed by atoms with Gasteiger partial charge in [0.05, 0.1) is 41.3 Å². The van der Waals surface area contributed by atoms with Crippen molar-refractivity contribution < 1.29 is 50.9 Å². The van der Waals surface area contributed by atoms with Crippen molar-refractivity contribution in [1.82, 2.24) is 55.0 Å². The van der Waals surface area contributed by atoms with E-state index in [0.717, 1.165) is 95.4 Å². The molecule has 0 aliphatic carbocycles. The number of aldehydes is 1. The first kappa shape index (κ1) is 114. The normalized spacial score (nSPS) is 11.6. The van der Waals surface area contributed by atoms with Gasteiger partial charge in [-0.2, -0.15) is 36.3 Å². The highest BCUT2D eigenvalue weighted by Crippen LogP contribution is 2.44. The van der Waals surface area contributed by atoms with E-state index < -0.39 is 23.6 Å². The third kappa shape index (κ3) is 32.0. The number of hydrazine groups is 1. The molecule has 25 nitrogen and oxygen atoms in total. The fraction of sp³-hybridized carbons (Fsp3) is 0.215. The number of hydrogen-bond acceptors (Lipinski definition) is 23. The van der Waals surface area contributed by atoms with Crippen LogP contribution in [0.2, 0.25) is 34.6 Å². The summed E-state index contributed by atoms with van der Waals surface area (Å²) in [7, 11) is 3.81. The molecule has 2 fully saturated rings. The summed E-state index contributed by atoms with van der Waals surface area (Å²) in [6, 6.07) is 47.6. The number of carboxylic acid groups (broad SMARTS) is 2. The van der Waals surface area contributed by atoms with Gasteiger partial charge in [0.1, 0.15) is 113 Å². The number of carbonyl (C=O) groups excluding carboxylic acids is 1. The van der Waals surface area contributed by atoms with Gasteiger partial charge in [-0.1, -0.05) is 208 Å². The number of halogens is 18. The van der Waals surface area contributed by atoms with E-state index in [4.69, 9.17) is 133 Å². The molecule has 2 aliphatic rings. The fourth-order valence-electron chi connectivity index (χ4n) is 12.8. The number of nitrogen functional groups attached to an aromatic ring is 1. The topological polar surface area (TPSA) is 365 Å². The van der Waals surface area contributed by atoms with Gasteiger partial charge in [0.25, 0.3) is 0 Å². The van der Waals surface area contributed by atoms with E-state index in [1.54, 1.807) is 53.2 Å². The Kier molecular flexibility index (Phi) is 46.0. The van der Waals surface area contributed by atoms with Gasteiger partial charge in [-0.25, -0.2) is 64.9 Å². The molecular weight excluding hydrogens is 2340 g/mol. The number of carboxylic acids is 2. The predicted octanol–water partition coefficient (Wildman–Crippen LogP) is 28.3. The Morgan fingerprint density at radius 2 is 0.863 bits per heavy atom. The van der Waals surface area contributed by atoms with Gasteiger partial charge in [-0.3, -0.25) is 16.1 Å². The van der Waals surface area contributed by atoms with Gasteiger partial charge in [-0.15, -0.1) is 0 Å². The molecule has 17 rings (SSSR count). The van der Waals surface area contributed by atoms with Gasteiger partial charge < -0.3 is 36.0 Å². The summed E-state index contributed by atoms with van der Waals surface area (Å²) in [5.74, 6) is 0.781. The van der Waals surface area contributed by atoms with Crippen LogP contribution >= 0.6 is 195 Å². The minimum absolute atomic E-state index is 0.0376. The lowest BCUT2D eigenvalue weighted by molar-refractivity contribution is -0.159. The third-order valence-corrected chi connectivity index (χ3v) is 26.5. The maximum absolute atomic E-state index is 13.4. The number of rotatable bonds is 13. The van der Waals surface area contributed by atoms with Crippen LogP contribution in [0.15, 0.2) is 174 Å². The lowest BCUT2D eigenvalue weighted by Gasteiger charge is -2.29. The van der Waals surface area contributed by atoms with E-state index in [1.807, 2.05) is 97.4 Å². The molecule has 6 aromatic heterocycles. The Balaban J connectivity index is 0.000000202. The first-order valence-electron chi connectivity index (χ1n) is 41.2. The van der Waals surface area contributed by atoms with Crippen LogP contribution < -0.4 is 37.0 Å². The number of nitriles is 4. The number of aromatic nitrogens is 9. The van der Waals surface area contributed by atoms with Crippen LogP contribution in [0.1, 0.15) is 96.8 Å². The SMILES string of the molecule is C1CCNCC1.CCNN.CCn1nc2c(Cl)cc(Br)cc2c1N.CCn1nc2c(Cl)cc(Br)cc2c1N(C)c1nc(-c2ccc(F)cc2)c(C#N)s1.CCn1nc2c(Cl)cc(N3CCCCC3)cc2c1N(C)c1nc(-c2ccc(F)cc2)c(C#N)s1.Fc1ccc(Br)cc1Cl.N#Cc1cc(Br)cc(Cl)c1F.N#Cc1sc(Cl)nc1-c1ccc(F)cc1.O=C(O)C(=O)O.O=Cc1cc(Br)cc(Cl)c1F. The molecule has 8 heterocycles. The van der Waals surface area contributed by atoms with Crippen molar-refractivity contribution in [3.8, 4) is 58.0 Å². The first-order chi connectivity index (χ1) is 66.3. The van der Waals surface area contributed by atoms with E-state index in [-0.39, 0.29) is 49.5 Å². The molecule has 0 amide bonds. The lowest BCUT2D eigenvalue weighted by atomic mass is 10.1.